The van der Waals surface area contributed by atoms with E-state index in [-0.39, 0.29) is 0 Å². The molecule has 170 valence electrons. The third-order valence-corrected chi connectivity index (χ3v) is 3.54. The summed E-state index contributed by atoms with van der Waals surface area (Å²) in [5.41, 5.74) is 0. The van der Waals surface area contributed by atoms with Gasteiger partial charge in [0.05, 0.1) is 0 Å². The van der Waals surface area contributed by atoms with Crippen LogP contribution < -0.4 is 5.32 Å². The topological polar surface area (TPSA) is 144 Å². The maximum Gasteiger partial charge on any atom is 0.471 e. The number of rotatable bonds is 6. The van der Waals surface area contributed by atoms with E-state index in [0.29, 0.717) is 0 Å². The molecule has 2 unspecified atom stereocenters. The van der Waals surface area contributed by atoms with Crippen molar-refractivity contribution in [2.75, 3.05) is 6.61 Å². The molecule has 1 saturated heterocycles. The number of halogens is 3. The Morgan fingerprint density at radius 2 is 1.33 bits per heavy atom. The molecular formula is C16H20F3NO10. The Kier molecular flexibility index (Phi) is 8.57. The predicted molar refractivity (Wildman–Crippen MR) is 86.2 cm³/mol. The predicted octanol–water partition coefficient (Wildman–Crippen LogP) is -0.252. The van der Waals surface area contributed by atoms with E-state index in [1.807, 2.05) is 0 Å². The van der Waals surface area contributed by atoms with Crippen LogP contribution in [-0.4, -0.2) is 73.2 Å². The molecule has 0 aliphatic carbocycles. The fraction of sp³-hybridized carbons (Fsp3) is 0.688. The van der Waals surface area contributed by atoms with E-state index >= 15 is 0 Å². The number of hydrogen-bond donors (Lipinski definition) is 1. The first-order valence-corrected chi connectivity index (χ1v) is 8.40. The average molecular weight is 443 g/mol. The molecule has 1 fully saturated rings. The summed E-state index contributed by atoms with van der Waals surface area (Å²) in [6, 6.07) is -1.91. The molecule has 1 heterocycles. The van der Waals surface area contributed by atoms with Crippen molar-refractivity contribution in [3.63, 3.8) is 0 Å². The lowest BCUT2D eigenvalue weighted by Crippen LogP contribution is -2.67. The molecule has 1 aliphatic rings. The highest BCUT2D eigenvalue weighted by molar-refractivity contribution is 5.82. The minimum absolute atomic E-state index is 0.594. The molecule has 0 aromatic carbocycles. The fourth-order valence-corrected chi connectivity index (χ4v) is 2.55. The molecule has 0 saturated carbocycles. The second-order valence-corrected chi connectivity index (χ2v) is 6.10. The van der Waals surface area contributed by atoms with E-state index in [2.05, 4.69) is 0 Å². The first kappa shape index (κ1) is 25.1. The van der Waals surface area contributed by atoms with Gasteiger partial charge in [-0.1, -0.05) is 0 Å². The second kappa shape index (κ2) is 10.2. The highest BCUT2D eigenvalue weighted by atomic mass is 19.4. The number of carbonyl (C=O) groups excluding carboxylic acids is 5. The van der Waals surface area contributed by atoms with E-state index in [1.54, 1.807) is 0 Å². The highest BCUT2D eigenvalue weighted by Gasteiger charge is 2.54. The zero-order valence-electron chi connectivity index (χ0n) is 16.3. The summed E-state index contributed by atoms with van der Waals surface area (Å²) in [5.74, 6) is -6.20. The molecule has 0 radical (unpaired) electrons. The molecule has 1 aliphatic heterocycles. The Balaban J connectivity index is 3.39. The molecule has 5 atom stereocenters. The molecule has 11 nitrogen and oxygen atoms in total. The van der Waals surface area contributed by atoms with Crippen LogP contribution in [0.3, 0.4) is 0 Å². The number of esters is 4. The Labute approximate surface area is 168 Å². The van der Waals surface area contributed by atoms with Crippen LogP contribution in [0, 0.1) is 0 Å². The van der Waals surface area contributed by atoms with Crippen molar-refractivity contribution >= 4 is 29.8 Å². The van der Waals surface area contributed by atoms with Gasteiger partial charge in [-0.2, -0.15) is 13.2 Å². The Hall–Kier alpha value is -2.90. The number of carbonyl (C=O) groups is 5. The number of nitrogens with one attached hydrogen (secondary N) is 1. The molecule has 0 aromatic rings. The summed E-state index contributed by atoms with van der Waals surface area (Å²) >= 11 is 0. The van der Waals surface area contributed by atoms with Gasteiger partial charge in [-0.3, -0.25) is 24.0 Å². The maximum absolute atomic E-state index is 12.8. The zero-order chi connectivity index (χ0) is 23.2. The van der Waals surface area contributed by atoms with Crippen molar-refractivity contribution in [3.05, 3.63) is 0 Å². The van der Waals surface area contributed by atoms with Crippen molar-refractivity contribution in [1.82, 2.24) is 5.32 Å². The number of ether oxygens (including phenoxy) is 5. The molecule has 0 aromatic heterocycles. The first-order valence-electron chi connectivity index (χ1n) is 8.40. The van der Waals surface area contributed by atoms with Crippen molar-refractivity contribution < 1.29 is 60.8 Å². The van der Waals surface area contributed by atoms with Crippen molar-refractivity contribution in [1.29, 1.82) is 0 Å². The zero-order valence-corrected chi connectivity index (χ0v) is 16.3. The van der Waals surface area contributed by atoms with Gasteiger partial charge in [-0.05, 0) is 0 Å². The lowest BCUT2D eigenvalue weighted by molar-refractivity contribution is -0.272. The number of amides is 1. The Bertz CT molecular complexity index is 695. The molecule has 1 amide bonds. The van der Waals surface area contributed by atoms with Gasteiger partial charge in [-0.25, -0.2) is 0 Å². The highest BCUT2D eigenvalue weighted by Crippen LogP contribution is 2.29. The van der Waals surface area contributed by atoms with E-state index in [0.717, 1.165) is 27.7 Å². The van der Waals surface area contributed by atoms with E-state index in [9.17, 15) is 37.1 Å². The molecule has 1 N–H and O–H groups in total. The summed E-state index contributed by atoms with van der Waals surface area (Å²) in [6.45, 7) is 3.22. The van der Waals surface area contributed by atoms with Crippen molar-refractivity contribution in [2.45, 2.75) is 64.5 Å². The smallest absolute Gasteiger partial charge is 0.463 e. The van der Waals surface area contributed by atoms with Gasteiger partial charge >= 0.3 is 36.0 Å². The van der Waals surface area contributed by atoms with Crippen LogP contribution in [0.15, 0.2) is 0 Å². The van der Waals surface area contributed by atoms with Gasteiger partial charge < -0.3 is 29.0 Å². The largest absolute Gasteiger partial charge is 0.471 e. The van der Waals surface area contributed by atoms with Crippen LogP contribution in [-0.2, 0) is 47.7 Å². The van der Waals surface area contributed by atoms with Crippen molar-refractivity contribution in [3.8, 4) is 0 Å². The van der Waals surface area contributed by atoms with Crippen LogP contribution in [0.2, 0.25) is 0 Å². The first-order chi connectivity index (χ1) is 13.7. The fourth-order valence-electron chi connectivity index (χ4n) is 2.55. The average Bonchev–Trinajstić information content (AvgIpc) is 2.56. The Morgan fingerprint density at radius 1 is 0.833 bits per heavy atom. The van der Waals surface area contributed by atoms with E-state index in [1.165, 1.54) is 5.32 Å². The summed E-state index contributed by atoms with van der Waals surface area (Å²) in [7, 11) is 0. The van der Waals surface area contributed by atoms with Gasteiger partial charge in [0.15, 0.2) is 12.2 Å². The monoisotopic (exact) mass is 443 g/mol. The number of alkyl halides is 3. The standard InChI is InChI=1S/C16H20F3NO10/c1-6(21)26-5-10-12(27-7(2)22)13(28-8(3)23)11(14(30-10)29-9(4)24)20-15(25)16(17,18)19/h10-14H,5H2,1-4H3,(H,20,25)/t10?,11-,12+,13?,14+/m0/s1. The van der Waals surface area contributed by atoms with Gasteiger partial charge in [-0.15, -0.1) is 0 Å². The molecule has 0 bridgehead atoms. The maximum atomic E-state index is 12.8. The lowest BCUT2D eigenvalue weighted by atomic mass is 9.96. The van der Waals surface area contributed by atoms with Gasteiger partial charge in [0.2, 0.25) is 6.29 Å². The summed E-state index contributed by atoms with van der Waals surface area (Å²) < 4.78 is 63.2. The molecule has 1 rings (SSSR count). The molecule has 14 heteroatoms. The quantitative estimate of drug-likeness (QED) is 0.431. The van der Waals surface area contributed by atoms with E-state index < -0.39 is 73.2 Å². The Morgan fingerprint density at radius 3 is 1.77 bits per heavy atom. The van der Waals surface area contributed by atoms with Crippen LogP contribution in [0.1, 0.15) is 27.7 Å². The van der Waals surface area contributed by atoms with Gasteiger partial charge in [0.1, 0.15) is 18.8 Å². The van der Waals surface area contributed by atoms with Gasteiger partial charge in [0.25, 0.3) is 0 Å². The molecule has 30 heavy (non-hydrogen) atoms. The minimum Gasteiger partial charge on any atom is -0.463 e. The van der Waals surface area contributed by atoms with Crippen LogP contribution in [0.5, 0.6) is 0 Å². The third-order valence-electron chi connectivity index (χ3n) is 3.54. The summed E-state index contributed by atoms with van der Waals surface area (Å²) in [5, 5.41) is 1.52. The molecular weight excluding hydrogens is 423 g/mol. The van der Waals surface area contributed by atoms with Crippen LogP contribution in [0.4, 0.5) is 13.2 Å². The normalized spacial score (nSPS) is 26.2. The third kappa shape index (κ3) is 7.50. The van der Waals surface area contributed by atoms with Crippen molar-refractivity contribution in [2.24, 2.45) is 0 Å². The van der Waals surface area contributed by atoms with Crippen LogP contribution in [0.25, 0.3) is 0 Å². The number of hydrogen-bond acceptors (Lipinski definition) is 10. The minimum atomic E-state index is -5.34. The summed E-state index contributed by atoms with van der Waals surface area (Å²) in [6.07, 6.45) is -12.0. The summed E-state index contributed by atoms with van der Waals surface area (Å²) in [4.78, 5) is 57.0. The lowest BCUT2D eigenvalue weighted by Gasteiger charge is -2.44. The second-order valence-electron chi connectivity index (χ2n) is 6.10. The van der Waals surface area contributed by atoms with E-state index in [4.69, 9.17) is 23.7 Å². The molecule has 0 spiro atoms. The SMILES string of the molecule is CC(=O)OCC1O[C@@H](OC(C)=O)[C@@H](NC(=O)C(F)(F)F)C(OC(C)=O)[C@@H]1OC(C)=O. The van der Waals surface area contributed by atoms with Crippen LogP contribution >= 0.6 is 0 Å². The van der Waals surface area contributed by atoms with Gasteiger partial charge in [0, 0.05) is 27.7 Å².